The van der Waals surface area contributed by atoms with Gasteiger partial charge in [-0.05, 0) is 36.1 Å². The maximum atomic E-state index is 12.4. The van der Waals surface area contributed by atoms with Gasteiger partial charge in [0, 0.05) is 13.1 Å². The predicted molar refractivity (Wildman–Crippen MR) is 80.3 cm³/mol. The molecule has 0 heterocycles. The molecule has 0 amide bonds. The molecule has 1 aromatic carbocycles. The summed E-state index contributed by atoms with van der Waals surface area (Å²) in [5.41, 5.74) is 2.45. The van der Waals surface area contributed by atoms with Crippen molar-refractivity contribution in [3.8, 4) is 5.75 Å². The first kappa shape index (κ1) is 17.9. The minimum atomic E-state index is -2.40. The highest BCUT2D eigenvalue weighted by molar-refractivity contribution is 5.36. The lowest BCUT2D eigenvalue weighted by Crippen LogP contribution is -2.35. The summed E-state index contributed by atoms with van der Waals surface area (Å²) in [6.07, 6.45) is -2.40. The number of alkyl halides is 2. The van der Waals surface area contributed by atoms with Crippen molar-refractivity contribution in [2.75, 3.05) is 32.8 Å². The van der Waals surface area contributed by atoms with Crippen LogP contribution in [0.4, 0.5) is 8.78 Å². The Balaban J connectivity index is 2.49. The average molecular weight is 301 g/mol. The number of aryl methyl sites for hydroxylation is 1. The van der Waals surface area contributed by atoms with Gasteiger partial charge in [0.2, 0.25) is 0 Å². The second-order valence-electron chi connectivity index (χ2n) is 5.44. The van der Waals surface area contributed by atoms with Gasteiger partial charge in [-0.1, -0.05) is 19.9 Å². The fourth-order valence-corrected chi connectivity index (χ4v) is 2.31. The zero-order valence-electron chi connectivity index (χ0n) is 13.0. The molecule has 0 bridgehead atoms. The minimum Gasteiger partial charge on any atom is -0.492 e. The van der Waals surface area contributed by atoms with E-state index >= 15 is 0 Å². The van der Waals surface area contributed by atoms with Crippen molar-refractivity contribution in [2.24, 2.45) is 0 Å². The molecule has 21 heavy (non-hydrogen) atoms. The first-order valence-electron chi connectivity index (χ1n) is 7.28. The zero-order valence-corrected chi connectivity index (χ0v) is 13.0. The van der Waals surface area contributed by atoms with Crippen molar-refractivity contribution >= 4 is 0 Å². The van der Waals surface area contributed by atoms with E-state index in [1.165, 1.54) is 16.0 Å². The normalized spacial score (nSPS) is 11.7. The first-order valence-corrected chi connectivity index (χ1v) is 7.28. The van der Waals surface area contributed by atoms with Gasteiger partial charge in [-0.25, -0.2) is 8.78 Å². The fourth-order valence-electron chi connectivity index (χ4n) is 2.31. The lowest BCUT2D eigenvalue weighted by molar-refractivity contribution is 0.0709. The first-order chi connectivity index (χ1) is 9.93. The van der Waals surface area contributed by atoms with Crippen LogP contribution in [0.25, 0.3) is 0 Å². The SMILES string of the molecule is Cc1cc(OCCN(CCO)CC(F)F)ccc1C(C)C. The van der Waals surface area contributed by atoms with Crippen LogP contribution in [0.1, 0.15) is 30.9 Å². The van der Waals surface area contributed by atoms with E-state index in [0.717, 1.165) is 5.75 Å². The van der Waals surface area contributed by atoms with E-state index < -0.39 is 6.43 Å². The molecule has 0 unspecified atom stereocenters. The van der Waals surface area contributed by atoms with Crippen molar-refractivity contribution in [2.45, 2.75) is 33.1 Å². The molecule has 0 aliphatic carbocycles. The molecule has 1 aromatic rings. The third kappa shape index (κ3) is 6.40. The van der Waals surface area contributed by atoms with Gasteiger partial charge in [-0.15, -0.1) is 0 Å². The van der Waals surface area contributed by atoms with Crippen LogP contribution in [0.3, 0.4) is 0 Å². The highest BCUT2D eigenvalue weighted by atomic mass is 19.3. The van der Waals surface area contributed by atoms with Crippen LogP contribution in [0, 0.1) is 6.92 Å². The second-order valence-corrected chi connectivity index (χ2v) is 5.44. The van der Waals surface area contributed by atoms with Crippen LogP contribution >= 0.6 is 0 Å². The molecule has 0 atom stereocenters. The molecular weight excluding hydrogens is 276 g/mol. The van der Waals surface area contributed by atoms with Gasteiger partial charge in [-0.3, -0.25) is 4.90 Å². The number of hydrogen-bond acceptors (Lipinski definition) is 3. The largest absolute Gasteiger partial charge is 0.492 e. The van der Waals surface area contributed by atoms with Crippen molar-refractivity contribution in [3.05, 3.63) is 29.3 Å². The molecule has 3 nitrogen and oxygen atoms in total. The van der Waals surface area contributed by atoms with Crippen LogP contribution in [0.15, 0.2) is 18.2 Å². The number of aliphatic hydroxyl groups is 1. The Bertz CT molecular complexity index is 425. The van der Waals surface area contributed by atoms with Gasteiger partial charge in [0.05, 0.1) is 13.2 Å². The molecule has 5 heteroatoms. The summed E-state index contributed by atoms with van der Waals surface area (Å²) < 4.78 is 30.3. The van der Waals surface area contributed by atoms with E-state index in [-0.39, 0.29) is 19.7 Å². The van der Waals surface area contributed by atoms with Gasteiger partial charge in [0.15, 0.2) is 0 Å². The van der Waals surface area contributed by atoms with Crippen molar-refractivity contribution in [3.63, 3.8) is 0 Å². The molecule has 0 saturated heterocycles. The Morgan fingerprint density at radius 3 is 2.48 bits per heavy atom. The third-order valence-electron chi connectivity index (χ3n) is 3.35. The minimum absolute atomic E-state index is 0.130. The Morgan fingerprint density at radius 2 is 1.95 bits per heavy atom. The summed E-state index contributed by atoms with van der Waals surface area (Å²) in [4.78, 5) is 1.50. The number of aliphatic hydroxyl groups excluding tert-OH is 1. The summed E-state index contributed by atoms with van der Waals surface area (Å²) in [5.74, 6) is 1.21. The summed E-state index contributed by atoms with van der Waals surface area (Å²) in [5, 5.41) is 8.86. The Labute approximate surface area is 125 Å². The van der Waals surface area contributed by atoms with Crippen molar-refractivity contribution in [1.29, 1.82) is 0 Å². The lowest BCUT2D eigenvalue weighted by Gasteiger charge is -2.21. The third-order valence-corrected chi connectivity index (χ3v) is 3.35. The molecule has 0 fully saturated rings. The standard InChI is InChI=1S/C16H25F2NO2/c1-12(2)15-5-4-14(10-13(15)3)21-9-7-19(6-8-20)11-16(17)18/h4-5,10,12,16,20H,6-9,11H2,1-3H3. The Kier molecular flexibility index (Phi) is 7.61. The van der Waals surface area contributed by atoms with Crippen LogP contribution in [-0.4, -0.2) is 49.3 Å². The molecule has 1 rings (SSSR count). The van der Waals surface area contributed by atoms with Crippen LogP contribution < -0.4 is 4.74 Å². The van der Waals surface area contributed by atoms with E-state index in [2.05, 4.69) is 13.8 Å². The van der Waals surface area contributed by atoms with Crippen LogP contribution in [0.5, 0.6) is 5.75 Å². The number of rotatable bonds is 9. The van der Waals surface area contributed by atoms with E-state index in [1.807, 2.05) is 25.1 Å². The maximum absolute atomic E-state index is 12.4. The molecule has 0 aromatic heterocycles. The number of halogens is 2. The number of ether oxygens (including phenoxy) is 1. The molecule has 0 radical (unpaired) electrons. The quantitative estimate of drug-likeness (QED) is 0.761. The highest BCUT2D eigenvalue weighted by Crippen LogP contribution is 2.23. The van der Waals surface area contributed by atoms with Gasteiger partial charge < -0.3 is 9.84 Å². The number of benzene rings is 1. The van der Waals surface area contributed by atoms with Crippen LogP contribution in [0.2, 0.25) is 0 Å². The smallest absolute Gasteiger partial charge is 0.251 e. The molecule has 1 N–H and O–H groups in total. The zero-order chi connectivity index (χ0) is 15.8. The lowest BCUT2D eigenvalue weighted by atomic mass is 9.98. The molecule has 0 aliphatic heterocycles. The highest BCUT2D eigenvalue weighted by Gasteiger charge is 2.11. The molecule has 0 saturated carbocycles. The summed E-state index contributed by atoms with van der Waals surface area (Å²) >= 11 is 0. The van der Waals surface area contributed by atoms with E-state index in [1.54, 1.807) is 0 Å². The van der Waals surface area contributed by atoms with E-state index in [4.69, 9.17) is 9.84 Å². The molecule has 0 aliphatic rings. The van der Waals surface area contributed by atoms with Gasteiger partial charge in [-0.2, -0.15) is 0 Å². The predicted octanol–water partition coefficient (Wildman–Crippen LogP) is 3.06. The Morgan fingerprint density at radius 1 is 1.24 bits per heavy atom. The Hall–Kier alpha value is -1.20. The summed E-state index contributed by atoms with van der Waals surface area (Å²) in [6.45, 7) is 6.78. The molecular formula is C16H25F2NO2. The van der Waals surface area contributed by atoms with Gasteiger partial charge in [0.25, 0.3) is 6.43 Å². The average Bonchev–Trinajstić information content (AvgIpc) is 2.37. The van der Waals surface area contributed by atoms with Gasteiger partial charge in [0.1, 0.15) is 12.4 Å². The monoisotopic (exact) mass is 301 g/mol. The van der Waals surface area contributed by atoms with Crippen molar-refractivity contribution in [1.82, 2.24) is 4.90 Å². The fraction of sp³-hybridized carbons (Fsp3) is 0.625. The van der Waals surface area contributed by atoms with Crippen molar-refractivity contribution < 1.29 is 18.6 Å². The van der Waals surface area contributed by atoms with E-state index in [9.17, 15) is 8.78 Å². The van der Waals surface area contributed by atoms with E-state index in [0.29, 0.717) is 19.1 Å². The molecule has 0 spiro atoms. The topological polar surface area (TPSA) is 32.7 Å². The summed E-state index contributed by atoms with van der Waals surface area (Å²) in [6, 6.07) is 5.92. The number of hydrogen-bond donors (Lipinski definition) is 1. The number of nitrogens with zero attached hydrogens (tertiary/aromatic N) is 1. The van der Waals surface area contributed by atoms with Crippen LogP contribution in [-0.2, 0) is 0 Å². The second kappa shape index (κ2) is 8.95. The maximum Gasteiger partial charge on any atom is 0.251 e. The van der Waals surface area contributed by atoms with Gasteiger partial charge >= 0.3 is 0 Å². The summed E-state index contributed by atoms with van der Waals surface area (Å²) in [7, 11) is 0. The molecule has 120 valence electrons.